The van der Waals surface area contributed by atoms with E-state index in [-0.39, 0.29) is 33.6 Å². The normalized spacial score (nSPS) is 10.6. The fourth-order valence-corrected chi connectivity index (χ4v) is 3.71. The predicted octanol–water partition coefficient (Wildman–Crippen LogP) is 3.71. The first-order valence-corrected chi connectivity index (χ1v) is 9.93. The number of carbonyl (C=O) groups is 3. The summed E-state index contributed by atoms with van der Waals surface area (Å²) < 4.78 is 11.3. The second kappa shape index (κ2) is 8.94. The van der Waals surface area contributed by atoms with E-state index in [1.807, 2.05) is 0 Å². The van der Waals surface area contributed by atoms with Gasteiger partial charge in [0.25, 0.3) is 5.69 Å². The highest BCUT2D eigenvalue weighted by atomic mass is 16.6. The van der Waals surface area contributed by atoms with E-state index < -0.39 is 22.6 Å². The Bertz CT molecular complexity index is 1440. The van der Waals surface area contributed by atoms with E-state index in [0.717, 1.165) is 14.2 Å². The highest BCUT2D eigenvalue weighted by Gasteiger charge is 2.34. The van der Waals surface area contributed by atoms with E-state index in [1.165, 1.54) is 28.7 Å². The van der Waals surface area contributed by atoms with Crippen LogP contribution in [0.2, 0.25) is 0 Å². The van der Waals surface area contributed by atoms with E-state index in [9.17, 15) is 24.5 Å². The zero-order valence-electron chi connectivity index (χ0n) is 18.1. The van der Waals surface area contributed by atoms with Crippen molar-refractivity contribution in [1.29, 1.82) is 0 Å². The number of aromatic nitrogens is 2. The summed E-state index contributed by atoms with van der Waals surface area (Å²) in [7, 11) is 2.29. The van der Waals surface area contributed by atoms with Crippen LogP contribution in [0.5, 0.6) is 0 Å². The van der Waals surface area contributed by atoms with Gasteiger partial charge in [-0.2, -0.15) is 0 Å². The Morgan fingerprint density at radius 3 is 2.15 bits per heavy atom. The van der Waals surface area contributed by atoms with Crippen LogP contribution in [0.15, 0.2) is 66.9 Å². The van der Waals surface area contributed by atoms with E-state index in [4.69, 9.17) is 9.47 Å². The van der Waals surface area contributed by atoms with Crippen molar-refractivity contribution in [3.05, 3.63) is 99.4 Å². The smallest absolute Gasteiger partial charge is 0.341 e. The van der Waals surface area contributed by atoms with Crippen LogP contribution in [0.1, 0.15) is 36.8 Å². The highest BCUT2D eigenvalue weighted by molar-refractivity contribution is 6.20. The number of rotatable bonds is 6. The first-order valence-electron chi connectivity index (χ1n) is 9.93. The Morgan fingerprint density at radius 1 is 0.882 bits per heavy atom. The molecule has 0 N–H and O–H groups in total. The zero-order valence-corrected chi connectivity index (χ0v) is 18.1. The molecule has 3 heterocycles. The topological polar surface area (TPSA) is 130 Å². The van der Waals surface area contributed by atoms with Gasteiger partial charge in [-0.3, -0.25) is 19.9 Å². The SMILES string of the molecule is COC(=O)c1c(C(=O)OC)c2cccc(-c3ccccn3)n2c1C(=O)c1ccc([N+](=O)[O-])cc1. The summed E-state index contributed by atoms with van der Waals surface area (Å²) >= 11 is 0. The van der Waals surface area contributed by atoms with Crippen molar-refractivity contribution < 1.29 is 28.8 Å². The predicted molar refractivity (Wildman–Crippen MR) is 120 cm³/mol. The summed E-state index contributed by atoms with van der Waals surface area (Å²) in [5.74, 6) is -2.40. The maximum absolute atomic E-state index is 13.7. The van der Waals surface area contributed by atoms with Crippen LogP contribution >= 0.6 is 0 Å². The summed E-state index contributed by atoms with van der Waals surface area (Å²) in [5.41, 5.74) is 0.449. The Kier molecular flexibility index (Phi) is 5.88. The minimum atomic E-state index is -0.915. The summed E-state index contributed by atoms with van der Waals surface area (Å²) in [6, 6.07) is 15.0. The van der Waals surface area contributed by atoms with Gasteiger partial charge in [-0.15, -0.1) is 0 Å². The summed E-state index contributed by atoms with van der Waals surface area (Å²) in [6.45, 7) is 0. The number of nitrogens with zero attached hydrogens (tertiary/aromatic N) is 3. The molecule has 0 radical (unpaired) electrons. The van der Waals surface area contributed by atoms with Gasteiger partial charge < -0.3 is 13.9 Å². The number of hydrogen-bond donors (Lipinski definition) is 0. The molecular weight excluding hydrogens is 442 g/mol. The van der Waals surface area contributed by atoms with Crippen molar-refractivity contribution in [2.24, 2.45) is 0 Å². The number of ketones is 1. The standard InChI is InChI=1S/C24H17N3O7/c1-33-23(29)19-18-8-5-7-17(16-6-3-4-13-25-16)26(18)21(20(19)24(30)34-2)22(28)14-9-11-15(12-10-14)27(31)32/h3-13H,1-2H3. The molecule has 3 aromatic heterocycles. The number of hydrogen-bond acceptors (Lipinski definition) is 8. The number of benzene rings is 1. The van der Waals surface area contributed by atoms with Gasteiger partial charge in [-0.05, 0) is 36.4 Å². The molecule has 10 heteroatoms. The molecule has 0 bridgehead atoms. The molecule has 4 aromatic rings. The van der Waals surface area contributed by atoms with Gasteiger partial charge in [-0.1, -0.05) is 12.1 Å². The number of methoxy groups -OCH3 is 2. The molecular formula is C24H17N3O7. The first kappa shape index (κ1) is 22.3. The molecule has 1 aromatic carbocycles. The van der Waals surface area contributed by atoms with Gasteiger partial charge in [0, 0.05) is 23.9 Å². The third-order valence-electron chi connectivity index (χ3n) is 5.22. The van der Waals surface area contributed by atoms with Crippen molar-refractivity contribution in [3.63, 3.8) is 0 Å². The second-order valence-corrected chi connectivity index (χ2v) is 7.06. The second-order valence-electron chi connectivity index (χ2n) is 7.06. The van der Waals surface area contributed by atoms with Crippen LogP contribution < -0.4 is 0 Å². The van der Waals surface area contributed by atoms with Gasteiger partial charge in [-0.25, -0.2) is 9.59 Å². The molecule has 10 nitrogen and oxygen atoms in total. The van der Waals surface area contributed by atoms with Crippen molar-refractivity contribution in [2.45, 2.75) is 0 Å². The molecule has 34 heavy (non-hydrogen) atoms. The molecule has 0 saturated carbocycles. The zero-order chi connectivity index (χ0) is 24.4. The average Bonchev–Trinajstić information content (AvgIpc) is 3.23. The molecule has 0 atom stereocenters. The van der Waals surface area contributed by atoms with Crippen LogP contribution in [0.25, 0.3) is 16.9 Å². The number of non-ortho nitro benzene ring substituents is 1. The van der Waals surface area contributed by atoms with Crippen LogP contribution in [-0.2, 0) is 9.47 Å². The quantitative estimate of drug-likeness (QED) is 0.185. The number of nitro groups is 1. The van der Waals surface area contributed by atoms with Crippen molar-refractivity contribution in [2.75, 3.05) is 14.2 Å². The average molecular weight is 459 g/mol. The number of carbonyl (C=O) groups excluding carboxylic acids is 3. The number of pyridine rings is 2. The molecule has 170 valence electrons. The minimum Gasteiger partial charge on any atom is -0.465 e. The van der Waals surface area contributed by atoms with Crippen molar-refractivity contribution >= 4 is 28.9 Å². The number of ether oxygens (including phenoxy) is 2. The Labute approximate surface area is 192 Å². The summed E-state index contributed by atoms with van der Waals surface area (Å²) in [4.78, 5) is 54.1. The Morgan fingerprint density at radius 2 is 1.56 bits per heavy atom. The molecule has 0 saturated heterocycles. The van der Waals surface area contributed by atoms with Crippen LogP contribution in [0.3, 0.4) is 0 Å². The van der Waals surface area contributed by atoms with Gasteiger partial charge in [0.1, 0.15) is 16.8 Å². The Hall–Kier alpha value is -4.86. The molecule has 0 unspecified atom stereocenters. The molecule has 0 aliphatic carbocycles. The molecule has 0 amide bonds. The number of nitro benzene ring substituents is 1. The molecule has 0 spiro atoms. The highest BCUT2D eigenvalue weighted by Crippen LogP contribution is 2.32. The maximum Gasteiger partial charge on any atom is 0.341 e. The van der Waals surface area contributed by atoms with Gasteiger partial charge in [0.05, 0.1) is 36.0 Å². The summed E-state index contributed by atoms with van der Waals surface area (Å²) in [5, 5.41) is 11.0. The lowest BCUT2D eigenvalue weighted by atomic mass is 10.0. The minimum absolute atomic E-state index is 0.0717. The summed E-state index contributed by atoms with van der Waals surface area (Å²) in [6.07, 6.45) is 1.57. The van der Waals surface area contributed by atoms with Gasteiger partial charge in [0.15, 0.2) is 0 Å². The Balaban J connectivity index is 2.11. The lowest BCUT2D eigenvalue weighted by molar-refractivity contribution is -0.384. The van der Waals surface area contributed by atoms with E-state index in [0.29, 0.717) is 11.4 Å². The lowest BCUT2D eigenvalue weighted by Crippen LogP contribution is -2.15. The molecule has 0 fully saturated rings. The van der Waals surface area contributed by atoms with Crippen molar-refractivity contribution in [1.82, 2.24) is 9.38 Å². The fraction of sp³-hybridized carbons (Fsp3) is 0.0833. The lowest BCUT2D eigenvalue weighted by Gasteiger charge is -2.10. The largest absolute Gasteiger partial charge is 0.465 e. The van der Waals surface area contributed by atoms with Gasteiger partial charge >= 0.3 is 11.9 Å². The van der Waals surface area contributed by atoms with Crippen molar-refractivity contribution in [3.8, 4) is 11.4 Å². The molecule has 0 aliphatic heterocycles. The third-order valence-corrected chi connectivity index (χ3v) is 5.22. The van der Waals surface area contributed by atoms with E-state index in [2.05, 4.69) is 4.98 Å². The number of esters is 2. The van der Waals surface area contributed by atoms with Gasteiger partial charge in [0.2, 0.25) is 5.78 Å². The maximum atomic E-state index is 13.7. The number of fused-ring (bicyclic) bond motifs is 1. The van der Waals surface area contributed by atoms with Crippen LogP contribution in [-0.4, -0.2) is 46.2 Å². The molecule has 0 aliphatic rings. The third kappa shape index (κ3) is 3.66. The monoisotopic (exact) mass is 459 g/mol. The van der Waals surface area contributed by atoms with Crippen LogP contribution in [0.4, 0.5) is 5.69 Å². The van der Waals surface area contributed by atoms with Crippen LogP contribution in [0, 0.1) is 10.1 Å². The first-order chi connectivity index (χ1) is 16.4. The fourth-order valence-electron chi connectivity index (χ4n) is 3.71. The molecule has 4 rings (SSSR count). The van der Waals surface area contributed by atoms with E-state index in [1.54, 1.807) is 42.6 Å². The van der Waals surface area contributed by atoms with E-state index >= 15 is 0 Å².